The highest BCUT2D eigenvalue weighted by Crippen LogP contribution is 2.15. The molecule has 0 fully saturated rings. The van der Waals surface area contributed by atoms with Gasteiger partial charge in [0.2, 0.25) is 10.0 Å². The largest absolute Gasteiger partial charge is 0.379 e. The van der Waals surface area contributed by atoms with E-state index in [1.807, 2.05) is 19.9 Å². The summed E-state index contributed by atoms with van der Waals surface area (Å²) in [5.74, 6) is 0. The lowest BCUT2D eigenvalue weighted by Gasteiger charge is -2.23. The van der Waals surface area contributed by atoms with Gasteiger partial charge in [0.1, 0.15) is 5.54 Å². The molecule has 5 nitrogen and oxygen atoms in total. The standard InChI is InChI=1S/C14H20N2O3S/c1-12(2)19-10-9-14(3,11-15)16-20(17,18)13-7-5-4-6-8-13/h4-8,12,16H,9-10H2,1-3H3/t14-/m0/s1. The summed E-state index contributed by atoms with van der Waals surface area (Å²) in [6.07, 6.45) is 0.331. The van der Waals surface area contributed by atoms with Crippen LogP contribution < -0.4 is 4.72 Å². The number of hydrogen-bond donors (Lipinski definition) is 1. The van der Waals surface area contributed by atoms with Gasteiger partial charge in [0, 0.05) is 13.0 Å². The zero-order valence-corrected chi connectivity index (χ0v) is 12.8. The van der Waals surface area contributed by atoms with Crippen LogP contribution in [0.5, 0.6) is 0 Å². The third-order valence-electron chi connectivity index (χ3n) is 2.71. The Morgan fingerprint density at radius 3 is 2.45 bits per heavy atom. The minimum absolute atomic E-state index is 0.0451. The molecule has 0 saturated carbocycles. The van der Waals surface area contributed by atoms with Crippen LogP contribution in [0.15, 0.2) is 35.2 Å². The van der Waals surface area contributed by atoms with Crippen LogP contribution in [0, 0.1) is 11.3 Å². The first-order valence-corrected chi connectivity index (χ1v) is 7.89. The van der Waals surface area contributed by atoms with Crippen LogP contribution in [0.2, 0.25) is 0 Å². The van der Waals surface area contributed by atoms with Crippen molar-refractivity contribution in [3.63, 3.8) is 0 Å². The molecule has 20 heavy (non-hydrogen) atoms. The Morgan fingerprint density at radius 2 is 1.95 bits per heavy atom. The van der Waals surface area contributed by atoms with E-state index >= 15 is 0 Å². The Labute approximate surface area is 120 Å². The number of nitriles is 1. The van der Waals surface area contributed by atoms with Crippen LogP contribution in [-0.2, 0) is 14.8 Å². The van der Waals surface area contributed by atoms with E-state index in [0.29, 0.717) is 6.61 Å². The molecule has 0 heterocycles. The predicted molar refractivity (Wildman–Crippen MR) is 76.5 cm³/mol. The molecule has 0 aliphatic carbocycles. The maximum Gasteiger partial charge on any atom is 0.241 e. The number of benzene rings is 1. The molecule has 1 atom stereocenters. The zero-order chi connectivity index (χ0) is 15.2. The summed E-state index contributed by atoms with van der Waals surface area (Å²) in [7, 11) is -3.71. The lowest BCUT2D eigenvalue weighted by molar-refractivity contribution is 0.0694. The van der Waals surface area contributed by atoms with E-state index in [-0.39, 0.29) is 17.4 Å². The Kier molecular flexibility index (Phi) is 5.69. The summed E-state index contributed by atoms with van der Waals surface area (Å²) in [5, 5.41) is 9.23. The monoisotopic (exact) mass is 296 g/mol. The molecular formula is C14H20N2O3S. The Bertz CT molecular complexity index is 564. The van der Waals surface area contributed by atoms with Crippen molar-refractivity contribution in [2.75, 3.05) is 6.61 Å². The highest BCUT2D eigenvalue weighted by molar-refractivity contribution is 7.89. The fourth-order valence-corrected chi connectivity index (χ4v) is 2.96. The molecule has 0 unspecified atom stereocenters. The van der Waals surface area contributed by atoms with Gasteiger partial charge in [0.25, 0.3) is 0 Å². The van der Waals surface area contributed by atoms with Crippen molar-refractivity contribution < 1.29 is 13.2 Å². The fourth-order valence-electron chi connectivity index (χ4n) is 1.58. The van der Waals surface area contributed by atoms with Gasteiger partial charge in [-0.2, -0.15) is 9.98 Å². The Balaban J connectivity index is 2.80. The van der Waals surface area contributed by atoms with Crippen LogP contribution >= 0.6 is 0 Å². The van der Waals surface area contributed by atoms with Crippen LogP contribution in [-0.4, -0.2) is 26.7 Å². The lowest BCUT2D eigenvalue weighted by Crippen LogP contribution is -2.45. The molecule has 1 aromatic rings. The maximum atomic E-state index is 12.2. The summed E-state index contributed by atoms with van der Waals surface area (Å²) >= 11 is 0. The van der Waals surface area contributed by atoms with Crippen molar-refractivity contribution in [3.8, 4) is 6.07 Å². The molecule has 1 aromatic carbocycles. The lowest BCUT2D eigenvalue weighted by atomic mass is 10.0. The van der Waals surface area contributed by atoms with Gasteiger partial charge in [-0.15, -0.1) is 0 Å². The maximum absolute atomic E-state index is 12.2. The molecule has 0 bridgehead atoms. The quantitative estimate of drug-likeness (QED) is 0.835. The SMILES string of the molecule is CC(C)OCC[C@@](C)(C#N)NS(=O)(=O)c1ccccc1. The van der Waals surface area contributed by atoms with E-state index in [4.69, 9.17) is 4.74 Å². The van der Waals surface area contributed by atoms with E-state index in [9.17, 15) is 13.7 Å². The van der Waals surface area contributed by atoms with Gasteiger partial charge in [0.15, 0.2) is 0 Å². The molecule has 0 aliphatic rings. The molecule has 0 saturated heterocycles. The van der Waals surface area contributed by atoms with Gasteiger partial charge >= 0.3 is 0 Å². The van der Waals surface area contributed by atoms with Gasteiger partial charge < -0.3 is 4.74 Å². The van der Waals surface area contributed by atoms with Crippen molar-refractivity contribution in [1.29, 1.82) is 5.26 Å². The predicted octanol–water partition coefficient (Wildman–Crippen LogP) is 2.06. The van der Waals surface area contributed by atoms with Crippen molar-refractivity contribution in [3.05, 3.63) is 30.3 Å². The average Bonchev–Trinajstić information content (AvgIpc) is 2.39. The van der Waals surface area contributed by atoms with Crippen molar-refractivity contribution in [2.45, 2.75) is 43.7 Å². The number of hydrogen-bond acceptors (Lipinski definition) is 4. The summed E-state index contributed by atoms with van der Waals surface area (Å²) < 4.78 is 32.2. The van der Waals surface area contributed by atoms with Gasteiger partial charge in [-0.1, -0.05) is 18.2 Å². The van der Waals surface area contributed by atoms with Crippen molar-refractivity contribution in [1.82, 2.24) is 4.72 Å². The first-order valence-electron chi connectivity index (χ1n) is 6.41. The van der Waals surface area contributed by atoms with E-state index in [2.05, 4.69) is 4.72 Å². The van der Waals surface area contributed by atoms with E-state index in [1.165, 1.54) is 12.1 Å². The van der Waals surface area contributed by atoms with Gasteiger partial charge in [0.05, 0.1) is 17.1 Å². The molecule has 1 rings (SSSR count). The fraction of sp³-hybridized carbons (Fsp3) is 0.500. The van der Waals surface area contributed by atoms with Gasteiger partial charge in [-0.25, -0.2) is 8.42 Å². The molecule has 1 N–H and O–H groups in total. The molecule has 110 valence electrons. The van der Waals surface area contributed by atoms with E-state index < -0.39 is 15.6 Å². The molecule has 0 radical (unpaired) electrons. The number of ether oxygens (including phenoxy) is 1. The van der Waals surface area contributed by atoms with Crippen LogP contribution in [0.3, 0.4) is 0 Å². The van der Waals surface area contributed by atoms with E-state index in [0.717, 1.165) is 0 Å². The minimum Gasteiger partial charge on any atom is -0.379 e. The highest BCUT2D eigenvalue weighted by atomic mass is 32.2. The second-order valence-corrected chi connectivity index (χ2v) is 6.71. The summed E-state index contributed by atoms with van der Waals surface area (Å²) in [6.45, 7) is 5.64. The Morgan fingerprint density at radius 1 is 1.35 bits per heavy atom. The summed E-state index contributed by atoms with van der Waals surface area (Å²) in [6, 6.07) is 10.0. The van der Waals surface area contributed by atoms with Gasteiger partial charge in [-0.3, -0.25) is 0 Å². The topological polar surface area (TPSA) is 79.2 Å². The van der Waals surface area contributed by atoms with Gasteiger partial charge in [-0.05, 0) is 32.9 Å². The van der Waals surface area contributed by atoms with Crippen LogP contribution in [0.25, 0.3) is 0 Å². The molecule has 0 spiro atoms. The average molecular weight is 296 g/mol. The number of rotatable bonds is 7. The van der Waals surface area contributed by atoms with E-state index in [1.54, 1.807) is 25.1 Å². The number of sulfonamides is 1. The van der Waals surface area contributed by atoms with Crippen LogP contribution in [0.1, 0.15) is 27.2 Å². The minimum atomic E-state index is -3.71. The van der Waals surface area contributed by atoms with Crippen molar-refractivity contribution in [2.24, 2.45) is 0 Å². The molecular weight excluding hydrogens is 276 g/mol. The second kappa shape index (κ2) is 6.84. The third kappa shape index (κ3) is 4.93. The summed E-state index contributed by atoms with van der Waals surface area (Å²) in [5.41, 5.74) is -1.19. The first kappa shape index (κ1) is 16.6. The molecule has 0 aliphatic heterocycles. The molecule has 0 aromatic heterocycles. The molecule has 6 heteroatoms. The third-order valence-corrected chi connectivity index (χ3v) is 4.33. The van der Waals surface area contributed by atoms with Crippen molar-refractivity contribution >= 4 is 10.0 Å². The summed E-state index contributed by atoms with van der Waals surface area (Å²) in [4.78, 5) is 0.145. The zero-order valence-electron chi connectivity index (χ0n) is 12.0. The normalized spacial score (nSPS) is 14.8. The molecule has 0 amide bonds. The Hall–Kier alpha value is -1.42. The van der Waals surface area contributed by atoms with Crippen LogP contribution in [0.4, 0.5) is 0 Å². The highest BCUT2D eigenvalue weighted by Gasteiger charge is 2.30. The smallest absolute Gasteiger partial charge is 0.241 e. The number of nitrogens with zero attached hydrogens (tertiary/aromatic N) is 1. The number of nitrogens with one attached hydrogen (secondary N) is 1. The first-order chi connectivity index (χ1) is 9.29. The second-order valence-electron chi connectivity index (χ2n) is 5.03.